The Labute approximate surface area is 114 Å². The third kappa shape index (κ3) is 3.11. The summed E-state index contributed by atoms with van der Waals surface area (Å²) >= 11 is 0. The summed E-state index contributed by atoms with van der Waals surface area (Å²) in [5, 5.41) is 0.922. The van der Waals surface area contributed by atoms with Crippen molar-refractivity contribution in [2.45, 2.75) is 0 Å². The van der Waals surface area contributed by atoms with Crippen LogP contribution in [0.4, 0.5) is 14.9 Å². The minimum atomic E-state index is -0.827. The molecule has 0 aliphatic heterocycles. The van der Waals surface area contributed by atoms with Crippen molar-refractivity contribution < 1.29 is 14.0 Å². The molecule has 5 nitrogen and oxygen atoms in total. The normalized spacial score (nSPS) is 9.85. The lowest BCUT2D eigenvalue weighted by molar-refractivity contribution is 0.0951. The quantitative estimate of drug-likeness (QED) is 0.822. The molecule has 20 heavy (non-hydrogen) atoms. The molecule has 0 radical (unpaired) electrons. The van der Waals surface area contributed by atoms with Crippen molar-refractivity contribution in [3.05, 3.63) is 66.0 Å². The van der Waals surface area contributed by atoms with Crippen LogP contribution in [0.15, 0.2) is 54.6 Å². The number of halogens is 1. The van der Waals surface area contributed by atoms with E-state index in [-0.39, 0.29) is 5.56 Å². The van der Waals surface area contributed by atoms with Crippen molar-refractivity contribution in [2.24, 2.45) is 5.73 Å². The van der Waals surface area contributed by atoms with Crippen LogP contribution in [0.1, 0.15) is 10.4 Å². The highest BCUT2D eigenvalue weighted by Crippen LogP contribution is 2.11. The summed E-state index contributed by atoms with van der Waals surface area (Å²) < 4.78 is 12.8. The summed E-state index contributed by atoms with van der Waals surface area (Å²) in [6.45, 7) is 0. The summed E-state index contributed by atoms with van der Waals surface area (Å²) in [7, 11) is 0. The molecule has 0 atom stereocenters. The molecule has 102 valence electrons. The van der Waals surface area contributed by atoms with E-state index < -0.39 is 17.8 Å². The van der Waals surface area contributed by atoms with Gasteiger partial charge < -0.3 is 5.73 Å². The van der Waals surface area contributed by atoms with Crippen LogP contribution in [0, 0.1) is 5.82 Å². The average molecular weight is 273 g/mol. The van der Waals surface area contributed by atoms with Gasteiger partial charge in [-0.3, -0.25) is 10.2 Å². The maximum Gasteiger partial charge on any atom is 0.338 e. The van der Waals surface area contributed by atoms with Crippen LogP contribution >= 0.6 is 0 Å². The molecule has 2 aromatic carbocycles. The zero-order valence-corrected chi connectivity index (χ0v) is 10.4. The first-order valence-corrected chi connectivity index (χ1v) is 5.79. The predicted octanol–water partition coefficient (Wildman–Crippen LogP) is 2.06. The number of nitrogens with one attached hydrogen (secondary N) is 1. The van der Waals surface area contributed by atoms with Crippen LogP contribution in [-0.2, 0) is 0 Å². The second kappa shape index (κ2) is 5.83. The number of amides is 3. The number of anilines is 1. The van der Waals surface area contributed by atoms with Crippen molar-refractivity contribution >= 4 is 17.6 Å². The van der Waals surface area contributed by atoms with E-state index in [2.05, 4.69) is 5.43 Å². The molecule has 0 unspecified atom stereocenters. The third-order valence-electron chi connectivity index (χ3n) is 2.55. The molecular formula is C14H12FN3O2. The van der Waals surface area contributed by atoms with Gasteiger partial charge in [-0.25, -0.2) is 14.2 Å². The Morgan fingerprint density at radius 2 is 1.60 bits per heavy atom. The summed E-state index contributed by atoms with van der Waals surface area (Å²) in [5.74, 6) is -1.01. The number of carbonyl (C=O) groups excluding carboxylic acids is 2. The van der Waals surface area contributed by atoms with Crippen molar-refractivity contribution in [3.8, 4) is 0 Å². The summed E-state index contributed by atoms with van der Waals surface area (Å²) in [5.41, 5.74) is 8.24. The molecule has 0 aliphatic carbocycles. The maximum absolute atomic E-state index is 12.8. The van der Waals surface area contributed by atoms with E-state index in [9.17, 15) is 14.0 Å². The Morgan fingerprint density at radius 3 is 2.15 bits per heavy atom. The highest BCUT2D eigenvalue weighted by Gasteiger charge is 2.16. The number of hydrogen-bond acceptors (Lipinski definition) is 2. The molecule has 0 aromatic heterocycles. The number of hydrazine groups is 1. The second-order valence-corrected chi connectivity index (χ2v) is 3.96. The van der Waals surface area contributed by atoms with E-state index in [4.69, 9.17) is 5.73 Å². The summed E-state index contributed by atoms with van der Waals surface area (Å²) in [6, 6.07) is 12.5. The fraction of sp³-hybridized carbons (Fsp3) is 0. The van der Waals surface area contributed by atoms with Crippen molar-refractivity contribution in [1.29, 1.82) is 0 Å². The van der Waals surface area contributed by atoms with Gasteiger partial charge in [0.1, 0.15) is 5.82 Å². The van der Waals surface area contributed by atoms with Gasteiger partial charge in [0.05, 0.1) is 5.69 Å². The number of nitrogens with two attached hydrogens (primary N) is 1. The molecule has 0 saturated heterocycles. The van der Waals surface area contributed by atoms with Crippen molar-refractivity contribution in [2.75, 3.05) is 5.01 Å². The van der Waals surface area contributed by atoms with Gasteiger partial charge in [0.2, 0.25) is 0 Å². The Morgan fingerprint density at radius 1 is 1.00 bits per heavy atom. The van der Waals surface area contributed by atoms with Gasteiger partial charge in [0, 0.05) is 5.56 Å². The molecule has 0 aliphatic rings. The molecular weight excluding hydrogens is 261 g/mol. The number of para-hydroxylation sites is 1. The first kappa shape index (κ1) is 13.5. The van der Waals surface area contributed by atoms with Crippen LogP contribution in [-0.4, -0.2) is 11.9 Å². The van der Waals surface area contributed by atoms with Crippen LogP contribution < -0.4 is 16.2 Å². The molecule has 0 spiro atoms. The standard InChI is InChI=1S/C14H12FN3O2/c15-11-8-6-10(7-9-11)13(19)17-18(14(16)20)12-4-2-1-3-5-12/h1-9H,(H2,16,20)(H,17,19). The molecule has 0 saturated carbocycles. The Hall–Kier alpha value is -2.89. The Bertz CT molecular complexity index is 614. The van der Waals surface area contributed by atoms with Crippen LogP contribution in [0.25, 0.3) is 0 Å². The molecule has 3 N–H and O–H groups in total. The number of hydrogen-bond donors (Lipinski definition) is 2. The molecule has 2 aromatic rings. The molecule has 0 heterocycles. The van der Waals surface area contributed by atoms with Gasteiger partial charge in [0.15, 0.2) is 0 Å². The average Bonchev–Trinajstić information content (AvgIpc) is 2.46. The van der Waals surface area contributed by atoms with Crippen LogP contribution in [0.3, 0.4) is 0 Å². The summed E-state index contributed by atoms with van der Waals surface area (Å²) in [6.07, 6.45) is 0. The Balaban J connectivity index is 2.19. The van der Waals surface area contributed by atoms with Gasteiger partial charge in [-0.15, -0.1) is 0 Å². The van der Waals surface area contributed by atoms with E-state index in [1.165, 1.54) is 12.1 Å². The van der Waals surface area contributed by atoms with E-state index in [0.717, 1.165) is 17.1 Å². The number of primary amides is 1. The van der Waals surface area contributed by atoms with Crippen molar-refractivity contribution in [1.82, 2.24) is 5.43 Å². The first-order chi connectivity index (χ1) is 9.58. The second-order valence-electron chi connectivity index (χ2n) is 3.96. The first-order valence-electron chi connectivity index (χ1n) is 5.79. The lowest BCUT2D eigenvalue weighted by Gasteiger charge is -2.21. The number of rotatable bonds is 2. The largest absolute Gasteiger partial charge is 0.350 e. The highest BCUT2D eigenvalue weighted by molar-refractivity contribution is 6.00. The van der Waals surface area contributed by atoms with Crippen molar-refractivity contribution in [3.63, 3.8) is 0 Å². The zero-order valence-electron chi connectivity index (χ0n) is 10.4. The highest BCUT2D eigenvalue weighted by atomic mass is 19.1. The molecule has 6 heteroatoms. The summed E-state index contributed by atoms with van der Waals surface area (Å²) in [4.78, 5) is 23.4. The smallest absolute Gasteiger partial charge is 0.338 e. The van der Waals surface area contributed by atoms with Gasteiger partial charge in [-0.2, -0.15) is 0 Å². The number of carbonyl (C=O) groups is 2. The van der Waals surface area contributed by atoms with Gasteiger partial charge >= 0.3 is 6.03 Å². The number of urea groups is 1. The molecule has 2 rings (SSSR count). The monoisotopic (exact) mass is 273 g/mol. The van der Waals surface area contributed by atoms with E-state index in [0.29, 0.717) is 5.69 Å². The van der Waals surface area contributed by atoms with Gasteiger partial charge in [-0.1, -0.05) is 18.2 Å². The van der Waals surface area contributed by atoms with Gasteiger partial charge in [0.25, 0.3) is 5.91 Å². The lowest BCUT2D eigenvalue weighted by atomic mass is 10.2. The SMILES string of the molecule is NC(=O)N(NC(=O)c1ccc(F)cc1)c1ccccc1. The fourth-order valence-corrected chi connectivity index (χ4v) is 1.59. The fourth-order valence-electron chi connectivity index (χ4n) is 1.59. The van der Waals surface area contributed by atoms with E-state index in [1.54, 1.807) is 30.3 Å². The van der Waals surface area contributed by atoms with E-state index in [1.807, 2.05) is 0 Å². The topological polar surface area (TPSA) is 75.4 Å². The third-order valence-corrected chi connectivity index (χ3v) is 2.55. The maximum atomic E-state index is 12.8. The molecule has 0 bridgehead atoms. The van der Waals surface area contributed by atoms with E-state index >= 15 is 0 Å². The zero-order chi connectivity index (χ0) is 14.5. The number of nitrogens with zero attached hydrogens (tertiary/aromatic N) is 1. The lowest BCUT2D eigenvalue weighted by Crippen LogP contribution is -2.49. The predicted molar refractivity (Wildman–Crippen MR) is 72.4 cm³/mol. The molecule has 3 amide bonds. The number of benzene rings is 2. The van der Waals surface area contributed by atoms with Gasteiger partial charge in [-0.05, 0) is 36.4 Å². The van der Waals surface area contributed by atoms with Crippen LogP contribution in [0.2, 0.25) is 0 Å². The van der Waals surface area contributed by atoms with Crippen LogP contribution in [0.5, 0.6) is 0 Å². The molecule has 0 fully saturated rings. The Kier molecular flexibility index (Phi) is 3.95. The minimum Gasteiger partial charge on any atom is -0.350 e. The minimum absolute atomic E-state index is 0.216.